The molecule has 0 spiro atoms. The molecular weight excluding hydrogens is 282 g/mol. The SMILES string of the molecule is O=C(CC[C@H]1NC(=O)NC1=O)Nc1ccc2ccccc2c1. The number of urea groups is 1. The van der Waals surface area contributed by atoms with Crippen LogP contribution < -0.4 is 16.0 Å². The van der Waals surface area contributed by atoms with Crippen molar-refractivity contribution in [3.05, 3.63) is 42.5 Å². The van der Waals surface area contributed by atoms with Crippen LogP contribution in [-0.4, -0.2) is 23.9 Å². The molecule has 0 radical (unpaired) electrons. The second-order valence-electron chi connectivity index (χ2n) is 5.16. The first-order chi connectivity index (χ1) is 10.6. The zero-order valence-corrected chi connectivity index (χ0v) is 11.8. The third-order valence-electron chi connectivity index (χ3n) is 3.55. The third-order valence-corrected chi connectivity index (χ3v) is 3.55. The maximum atomic E-state index is 11.9. The highest BCUT2D eigenvalue weighted by Gasteiger charge is 2.29. The largest absolute Gasteiger partial charge is 0.326 e. The van der Waals surface area contributed by atoms with Gasteiger partial charge in [-0.3, -0.25) is 14.9 Å². The smallest absolute Gasteiger partial charge is 0.322 e. The number of fused-ring (bicyclic) bond motifs is 1. The summed E-state index contributed by atoms with van der Waals surface area (Å²) in [5.74, 6) is -0.576. The molecule has 0 aliphatic carbocycles. The summed E-state index contributed by atoms with van der Waals surface area (Å²) < 4.78 is 0. The van der Waals surface area contributed by atoms with Gasteiger partial charge in [0.05, 0.1) is 0 Å². The molecule has 3 N–H and O–H groups in total. The van der Waals surface area contributed by atoms with Crippen molar-refractivity contribution in [1.29, 1.82) is 0 Å². The van der Waals surface area contributed by atoms with Crippen molar-refractivity contribution < 1.29 is 14.4 Å². The minimum atomic E-state index is -0.630. The molecule has 4 amide bonds. The summed E-state index contributed by atoms with van der Waals surface area (Å²) in [5.41, 5.74) is 0.712. The molecule has 0 bridgehead atoms. The Morgan fingerprint density at radius 2 is 1.86 bits per heavy atom. The summed E-state index contributed by atoms with van der Waals surface area (Å²) >= 11 is 0. The van der Waals surface area contributed by atoms with Crippen LogP contribution >= 0.6 is 0 Å². The summed E-state index contributed by atoms with van der Waals surface area (Å²) in [6.45, 7) is 0. The molecule has 2 aromatic rings. The molecule has 0 aromatic heterocycles. The number of amides is 4. The lowest BCUT2D eigenvalue weighted by Gasteiger charge is -2.08. The standard InChI is InChI=1S/C16H15N3O3/c20-14(8-7-13-15(21)19-16(22)18-13)17-12-6-5-10-3-1-2-4-11(10)9-12/h1-6,9,13H,7-8H2,(H,17,20)(H2,18,19,21,22)/t13-/m1/s1. The summed E-state index contributed by atoms with van der Waals surface area (Å²) in [6, 6.07) is 12.4. The van der Waals surface area contributed by atoms with E-state index in [4.69, 9.17) is 0 Å². The van der Waals surface area contributed by atoms with Crippen molar-refractivity contribution in [3.8, 4) is 0 Å². The van der Waals surface area contributed by atoms with Crippen LogP contribution in [0.2, 0.25) is 0 Å². The summed E-state index contributed by atoms with van der Waals surface area (Å²) in [7, 11) is 0. The fourth-order valence-corrected chi connectivity index (χ4v) is 2.43. The number of carbonyl (C=O) groups is 3. The molecule has 6 nitrogen and oxygen atoms in total. The van der Waals surface area contributed by atoms with E-state index >= 15 is 0 Å². The Morgan fingerprint density at radius 3 is 2.59 bits per heavy atom. The summed E-state index contributed by atoms with van der Waals surface area (Å²) in [5, 5.41) is 9.55. The van der Waals surface area contributed by atoms with Gasteiger partial charge in [0.2, 0.25) is 5.91 Å². The average Bonchev–Trinajstić information content (AvgIpc) is 2.83. The van der Waals surface area contributed by atoms with Gasteiger partial charge in [-0.25, -0.2) is 4.79 Å². The van der Waals surface area contributed by atoms with E-state index in [1.807, 2.05) is 42.5 Å². The van der Waals surface area contributed by atoms with Gasteiger partial charge in [-0.2, -0.15) is 0 Å². The van der Waals surface area contributed by atoms with Crippen LogP contribution in [0.3, 0.4) is 0 Å². The number of imide groups is 1. The fourth-order valence-electron chi connectivity index (χ4n) is 2.43. The Morgan fingerprint density at radius 1 is 1.09 bits per heavy atom. The normalized spacial score (nSPS) is 17.2. The van der Waals surface area contributed by atoms with E-state index in [1.54, 1.807) is 0 Å². The molecule has 112 valence electrons. The lowest BCUT2D eigenvalue weighted by Crippen LogP contribution is -2.30. The van der Waals surface area contributed by atoms with Crippen LogP contribution in [0.5, 0.6) is 0 Å². The maximum absolute atomic E-state index is 11.9. The number of carbonyl (C=O) groups excluding carboxylic acids is 3. The predicted octanol–water partition coefficient (Wildman–Crippen LogP) is 1.77. The van der Waals surface area contributed by atoms with Crippen LogP contribution in [-0.2, 0) is 9.59 Å². The van der Waals surface area contributed by atoms with Gasteiger partial charge in [0.15, 0.2) is 0 Å². The molecule has 22 heavy (non-hydrogen) atoms. The molecule has 1 saturated heterocycles. The first kappa shape index (κ1) is 14.1. The molecule has 1 aliphatic rings. The molecule has 1 fully saturated rings. The lowest BCUT2D eigenvalue weighted by atomic mass is 10.1. The zero-order chi connectivity index (χ0) is 15.5. The van der Waals surface area contributed by atoms with Gasteiger partial charge in [0, 0.05) is 12.1 Å². The molecule has 0 saturated carbocycles. The molecule has 1 atom stereocenters. The maximum Gasteiger partial charge on any atom is 0.322 e. The van der Waals surface area contributed by atoms with Crippen LogP contribution in [0.1, 0.15) is 12.8 Å². The van der Waals surface area contributed by atoms with E-state index in [0.717, 1.165) is 10.8 Å². The number of benzene rings is 2. The van der Waals surface area contributed by atoms with Crippen molar-refractivity contribution in [2.24, 2.45) is 0 Å². The molecule has 3 rings (SSSR count). The van der Waals surface area contributed by atoms with Gasteiger partial charge < -0.3 is 10.6 Å². The van der Waals surface area contributed by atoms with Gasteiger partial charge in [-0.1, -0.05) is 30.3 Å². The van der Waals surface area contributed by atoms with E-state index in [0.29, 0.717) is 5.69 Å². The topological polar surface area (TPSA) is 87.3 Å². The molecule has 6 heteroatoms. The molecule has 1 heterocycles. The molecular formula is C16H15N3O3. The number of nitrogens with one attached hydrogen (secondary N) is 3. The Hall–Kier alpha value is -2.89. The Bertz CT molecular complexity index is 757. The van der Waals surface area contributed by atoms with Crippen molar-refractivity contribution in [2.45, 2.75) is 18.9 Å². The van der Waals surface area contributed by atoms with Gasteiger partial charge in [-0.05, 0) is 29.3 Å². The van der Waals surface area contributed by atoms with Crippen molar-refractivity contribution in [1.82, 2.24) is 10.6 Å². The summed E-state index contributed by atoms with van der Waals surface area (Å²) in [4.78, 5) is 34.3. The second kappa shape index (κ2) is 5.85. The van der Waals surface area contributed by atoms with Gasteiger partial charge >= 0.3 is 6.03 Å². The van der Waals surface area contributed by atoms with E-state index in [2.05, 4.69) is 16.0 Å². The lowest BCUT2D eigenvalue weighted by molar-refractivity contribution is -0.120. The van der Waals surface area contributed by atoms with Crippen molar-refractivity contribution >= 4 is 34.3 Å². The first-order valence-electron chi connectivity index (χ1n) is 7.02. The van der Waals surface area contributed by atoms with E-state index in [1.165, 1.54) is 0 Å². The average molecular weight is 297 g/mol. The van der Waals surface area contributed by atoms with Crippen LogP contribution in [0, 0.1) is 0 Å². The van der Waals surface area contributed by atoms with E-state index in [-0.39, 0.29) is 24.7 Å². The third kappa shape index (κ3) is 3.06. The van der Waals surface area contributed by atoms with Crippen LogP contribution in [0.25, 0.3) is 10.8 Å². The van der Waals surface area contributed by atoms with Crippen molar-refractivity contribution in [2.75, 3.05) is 5.32 Å². The second-order valence-corrected chi connectivity index (χ2v) is 5.16. The number of rotatable bonds is 4. The minimum Gasteiger partial charge on any atom is -0.326 e. The highest BCUT2D eigenvalue weighted by atomic mass is 16.2. The number of anilines is 1. The van der Waals surface area contributed by atoms with Crippen LogP contribution in [0.4, 0.5) is 10.5 Å². The zero-order valence-electron chi connectivity index (χ0n) is 11.8. The van der Waals surface area contributed by atoms with Gasteiger partial charge in [-0.15, -0.1) is 0 Å². The number of hydrogen-bond donors (Lipinski definition) is 3. The van der Waals surface area contributed by atoms with Crippen molar-refractivity contribution in [3.63, 3.8) is 0 Å². The number of hydrogen-bond acceptors (Lipinski definition) is 3. The highest BCUT2D eigenvalue weighted by Crippen LogP contribution is 2.19. The summed E-state index contributed by atoms with van der Waals surface area (Å²) in [6.07, 6.45) is 0.433. The van der Waals surface area contributed by atoms with Gasteiger partial charge in [0.1, 0.15) is 6.04 Å². The van der Waals surface area contributed by atoms with Gasteiger partial charge in [0.25, 0.3) is 5.91 Å². The van der Waals surface area contributed by atoms with E-state index in [9.17, 15) is 14.4 Å². The fraction of sp³-hybridized carbons (Fsp3) is 0.188. The monoisotopic (exact) mass is 297 g/mol. The Balaban J connectivity index is 1.58. The Kier molecular flexibility index (Phi) is 3.74. The predicted molar refractivity (Wildman–Crippen MR) is 82.3 cm³/mol. The minimum absolute atomic E-state index is 0.158. The molecule has 1 aliphatic heterocycles. The first-order valence-corrected chi connectivity index (χ1v) is 7.02. The van der Waals surface area contributed by atoms with Crippen LogP contribution in [0.15, 0.2) is 42.5 Å². The van der Waals surface area contributed by atoms with E-state index < -0.39 is 12.1 Å². The molecule has 2 aromatic carbocycles. The quantitative estimate of drug-likeness (QED) is 0.752. The highest BCUT2D eigenvalue weighted by molar-refractivity contribution is 6.04. The molecule has 0 unspecified atom stereocenters. The Labute approximate surface area is 126 Å².